The van der Waals surface area contributed by atoms with Crippen LogP contribution in [0.5, 0.6) is 0 Å². The normalized spacial score (nSPS) is 26.8. The van der Waals surface area contributed by atoms with Crippen LogP contribution in [-0.2, 0) is 16.6 Å². The first kappa shape index (κ1) is 16.7. The Morgan fingerprint density at radius 3 is 2.71 bits per heavy atom. The molecule has 0 spiro atoms. The molecule has 0 aromatic heterocycles. The van der Waals surface area contributed by atoms with Gasteiger partial charge in [0.25, 0.3) is 0 Å². The molecule has 0 radical (unpaired) electrons. The topological polar surface area (TPSA) is 66.4 Å². The van der Waals surface area contributed by atoms with Gasteiger partial charge < -0.3 is 5.11 Å². The highest BCUT2D eigenvalue weighted by atomic mass is 35.5. The fourth-order valence-corrected chi connectivity index (χ4v) is 4.77. The van der Waals surface area contributed by atoms with Crippen molar-refractivity contribution in [2.45, 2.75) is 50.7 Å². The average Bonchev–Trinajstić information content (AvgIpc) is 2.44. The third-order valence-electron chi connectivity index (χ3n) is 4.48. The summed E-state index contributed by atoms with van der Waals surface area (Å²) in [6.45, 7) is 4.03. The molecule has 2 N–H and O–H groups in total. The Kier molecular flexibility index (Phi) is 5.30. The Bertz CT molecular complexity index is 603. The first-order valence-corrected chi connectivity index (χ1v) is 9.13. The van der Waals surface area contributed by atoms with Crippen LogP contribution in [0.25, 0.3) is 0 Å². The van der Waals surface area contributed by atoms with Gasteiger partial charge in [0.2, 0.25) is 10.0 Å². The summed E-state index contributed by atoms with van der Waals surface area (Å²) in [4.78, 5) is 0.0427. The first-order valence-electron chi connectivity index (χ1n) is 7.26. The summed E-state index contributed by atoms with van der Waals surface area (Å²) in [7, 11) is -3.67. The zero-order valence-electron chi connectivity index (χ0n) is 12.3. The van der Waals surface area contributed by atoms with Gasteiger partial charge in [-0.2, -0.15) is 0 Å². The molecule has 0 saturated heterocycles. The Morgan fingerprint density at radius 2 is 2.05 bits per heavy atom. The molecule has 6 heteroatoms. The lowest BCUT2D eigenvalue weighted by Gasteiger charge is -2.34. The van der Waals surface area contributed by atoms with Gasteiger partial charge in [0.1, 0.15) is 4.90 Å². The van der Waals surface area contributed by atoms with E-state index in [0.29, 0.717) is 17.4 Å². The number of benzene rings is 1. The van der Waals surface area contributed by atoms with Crippen LogP contribution in [0.1, 0.15) is 38.7 Å². The molecule has 1 aromatic rings. The molecule has 1 saturated carbocycles. The van der Waals surface area contributed by atoms with E-state index in [1.165, 1.54) is 12.1 Å². The van der Waals surface area contributed by atoms with Crippen molar-refractivity contribution in [1.82, 2.24) is 4.72 Å². The van der Waals surface area contributed by atoms with Gasteiger partial charge in [0.05, 0.1) is 11.6 Å². The van der Waals surface area contributed by atoms with E-state index in [2.05, 4.69) is 18.6 Å². The van der Waals surface area contributed by atoms with E-state index < -0.39 is 10.0 Å². The minimum atomic E-state index is -3.67. The van der Waals surface area contributed by atoms with Gasteiger partial charge in [-0.15, -0.1) is 0 Å². The highest BCUT2D eigenvalue weighted by Gasteiger charge is 2.31. The van der Waals surface area contributed by atoms with E-state index in [-0.39, 0.29) is 22.6 Å². The second-order valence-corrected chi connectivity index (χ2v) is 8.01. The fourth-order valence-electron chi connectivity index (χ4n) is 2.86. The van der Waals surface area contributed by atoms with Crippen LogP contribution in [0.3, 0.4) is 0 Å². The van der Waals surface area contributed by atoms with E-state index in [0.717, 1.165) is 19.3 Å². The van der Waals surface area contributed by atoms with Gasteiger partial charge in [-0.1, -0.05) is 44.4 Å². The summed E-state index contributed by atoms with van der Waals surface area (Å²) in [5.74, 6) is 0.805. The molecule has 3 atom stereocenters. The molecule has 21 heavy (non-hydrogen) atoms. The summed E-state index contributed by atoms with van der Waals surface area (Å²) in [6, 6.07) is 4.50. The maximum absolute atomic E-state index is 12.6. The maximum atomic E-state index is 12.6. The molecule has 0 heterocycles. The highest BCUT2D eigenvalue weighted by molar-refractivity contribution is 7.89. The molecule has 1 fully saturated rings. The van der Waals surface area contributed by atoms with Crippen LogP contribution in [0.4, 0.5) is 0 Å². The van der Waals surface area contributed by atoms with Gasteiger partial charge >= 0.3 is 0 Å². The molecule has 0 aliphatic heterocycles. The molecule has 0 bridgehead atoms. The summed E-state index contributed by atoms with van der Waals surface area (Å²) in [5.41, 5.74) is 0.532. The van der Waals surface area contributed by atoms with E-state index in [1.54, 1.807) is 6.07 Å². The maximum Gasteiger partial charge on any atom is 0.242 e. The van der Waals surface area contributed by atoms with Gasteiger partial charge in [-0.05, 0) is 36.0 Å². The van der Waals surface area contributed by atoms with E-state index >= 15 is 0 Å². The quantitative estimate of drug-likeness (QED) is 0.891. The largest absolute Gasteiger partial charge is 0.392 e. The average molecular weight is 332 g/mol. The van der Waals surface area contributed by atoms with Crippen molar-refractivity contribution in [3.63, 3.8) is 0 Å². The predicted octanol–water partition coefficient (Wildman–Crippen LogP) is 2.94. The SMILES string of the molecule is CC1CCCC(NS(=O)(=O)c2cc(CO)ccc2Cl)C1C. The second kappa shape index (κ2) is 6.65. The number of aliphatic hydroxyl groups is 1. The molecule has 0 amide bonds. The third-order valence-corrected chi connectivity index (χ3v) is 6.45. The molecule has 1 aliphatic rings. The minimum Gasteiger partial charge on any atom is -0.392 e. The Balaban J connectivity index is 2.26. The molecular weight excluding hydrogens is 310 g/mol. The molecule has 1 aliphatic carbocycles. The van der Waals surface area contributed by atoms with Crippen molar-refractivity contribution in [1.29, 1.82) is 0 Å². The Morgan fingerprint density at radius 1 is 1.33 bits per heavy atom. The van der Waals surface area contributed by atoms with Crippen LogP contribution in [-0.4, -0.2) is 19.6 Å². The summed E-state index contributed by atoms with van der Waals surface area (Å²) in [5, 5.41) is 9.34. The number of sulfonamides is 1. The third kappa shape index (κ3) is 3.77. The number of halogens is 1. The summed E-state index contributed by atoms with van der Waals surface area (Å²) >= 11 is 6.02. The number of rotatable bonds is 4. The zero-order valence-corrected chi connectivity index (χ0v) is 13.9. The van der Waals surface area contributed by atoms with Gasteiger partial charge in [-0.25, -0.2) is 13.1 Å². The number of nitrogens with one attached hydrogen (secondary N) is 1. The minimum absolute atomic E-state index is 0.0427. The molecule has 1 aromatic carbocycles. The number of aliphatic hydroxyl groups excluding tert-OH is 1. The monoisotopic (exact) mass is 331 g/mol. The number of hydrogen-bond acceptors (Lipinski definition) is 3. The lowest BCUT2D eigenvalue weighted by molar-refractivity contribution is 0.227. The van der Waals surface area contributed by atoms with E-state index in [1.807, 2.05) is 0 Å². The first-order chi connectivity index (χ1) is 9.85. The summed E-state index contributed by atoms with van der Waals surface area (Å²) < 4.78 is 27.9. The van der Waals surface area contributed by atoms with Crippen molar-refractivity contribution in [2.75, 3.05) is 0 Å². The number of hydrogen-bond donors (Lipinski definition) is 2. The highest BCUT2D eigenvalue weighted by Crippen LogP contribution is 2.31. The Hall–Kier alpha value is -0.620. The fraction of sp³-hybridized carbons (Fsp3) is 0.600. The van der Waals surface area contributed by atoms with Crippen molar-refractivity contribution in [3.05, 3.63) is 28.8 Å². The van der Waals surface area contributed by atoms with Crippen LogP contribution >= 0.6 is 11.6 Å². The lowest BCUT2D eigenvalue weighted by Crippen LogP contribution is -2.43. The van der Waals surface area contributed by atoms with Gasteiger partial charge in [-0.3, -0.25) is 0 Å². The van der Waals surface area contributed by atoms with Gasteiger partial charge in [0.15, 0.2) is 0 Å². The van der Waals surface area contributed by atoms with Crippen molar-refractivity contribution in [2.24, 2.45) is 11.8 Å². The molecule has 4 nitrogen and oxygen atoms in total. The van der Waals surface area contributed by atoms with Crippen LogP contribution < -0.4 is 4.72 Å². The van der Waals surface area contributed by atoms with E-state index in [4.69, 9.17) is 16.7 Å². The van der Waals surface area contributed by atoms with Gasteiger partial charge in [0, 0.05) is 6.04 Å². The predicted molar refractivity (Wildman–Crippen MR) is 83.7 cm³/mol. The molecule has 3 unspecified atom stereocenters. The summed E-state index contributed by atoms with van der Waals surface area (Å²) in [6.07, 6.45) is 3.02. The van der Waals surface area contributed by atoms with Crippen molar-refractivity contribution in [3.8, 4) is 0 Å². The van der Waals surface area contributed by atoms with Crippen LogP contribution in [0, 0.1) is 11.8 Å². The van der Waals surface area contributed by atoms with Crippen LogP contribution in [0.15, 0.2) is 23.1 Å². The van der Waals surface area contributed by atoms with Crippen molar-refractivity contribution < 1.29 is 13.5 Å². The van der Waals surface area contributed by atoms with E-state index in [9.17, 15) is 8.42 Å². The lowest BCUT2D eigenvalue weighted by atomic mass is 9.78. The Labute approximate surface area is 131 Å². The molecular formula is C15H22ClNO3S. The second-order valence-electron chi connectivity index (χ2n) is 5.92. The standard InChI is InChI=1S/C15H22ClNO3S/c1-10-4-3-5-14(11(10)2)17-21(19,20)15-8-12(9-18)6-7-13(15)16/h6-8,10-11,14,17-18H,3-5,9H2,1-2H3. The molecule has 2 rings (SSSR count). The van der Waals surface area contributed by atoms with Crippen molar-refractivity contribution >= 4 is 21.6 Å². The smallest absolute Gasteiger partial charge is 0.242 e. The zero-order chi connectivity index (χ0) is 15.6. The van der Waals surface area contributed by atoms with Crippen LogP contribution in [0.2, 0.25) is 5.02 Å². The molecule has 118 valence electrons.